The van der Waals surface area contributed by atoms with Crippen LogP contribution in [0, 0.1) is 17.2 Å². The van der Waals surface area contributed by atoms with Gasteiger partial charge in [0, 0.05) is 12.6 Å². The van der Waals surface area contributed by atoms with E-state index in [0.717, 1.165) is 19.4 Å². The van der Waals surface area contributed by atoms with E-state index < -0.39 is 0 Å². The molecule has 2 nitrogen and oxygen atoms in total. The third-order valence-corrected chi connectivity index (χ3v) is 3.17. The summed E-state index contributed by atoms with van der Waals surface area (Å²) in [4.78, 5) is 0. The van der Waals surface area contributed by atoms with Crippen molar-refractivity contribution in [2.75, 3.05) is 6.54 Å². The lowest BCUT2D eigenvalue weighted by molar-refractivity contribution is 0.531. The van der Waals surface area contributed by atoms with Gasteiger partial charge >= 0.3 is 0 Å². The molecule has 0 spiro atoms. The highest BCUT2D eigenvalue weighted by molar-refractivity contribution is 5.16. The van der Waals surface area contributed by atoms with Crippen LogP contribution in [-0.2, 0) is 0 Å². The molecule has 1 heterocycles. The van der Waals surface area contributed by atoms with Crippen LogP contribution in [0.1, 0.15) is 39.5 Å². The maximum atomic E-state index is 8.80. The summed E-state index contributed by atoms with van der Waals surface area (Å²) >= 11 is 0. The number of rotatable bonds is 5. The summed E-state index contributed by atoms with van der Waals surface area (Å²) in [5.74, 6) is 0.238. The van der Waals surface area contributed by atoms with E-state index in [4.69, 9.17) is 5.26 Å². The molecule has 88 valence electrons. The van der Waals surface area contributed by atoms with Crippen molar-refractivity contribution in [3.63, 3.8) is 0 Å². The molecule has 0 aromatic heterocycles. The van der Waals surface area contributed by atoms with Crippen molar-refractivity contribution in [3.8, 4) is 6.07 Å². The highest BCUT2D eigenvalue weighted by Crippen LogP contribution is 2.19. The molecule has 0 radical (unpaired) electrons. The first-order valence-electron chi connectivity index (χ1n) is 6.21. The number of hydrogen-bond donors (Lipinski definition) is 1. The molecule has 1 N–H and O–H groups in total. The van der Waals surface area contributed by atoms with E-state index in [1.165, 1.54) is 18.4 Å². The molecule has 1 aliphatic rings. The maximum Gasteiger partial charge on any atom is 0.0669 e. The van der Waals surface area contributed by atoms with Crippen LogP contribution in [0.2, 0.25) is 0 Å². The van der Waals surface area contributed by atoms with Gasteiger partial charge in [0.2, 0.25) is 0 Å². The maximum absolute atomic E-state index is 8.80. The van der Waals surface area contributed by atoms with Gasteiger partial charge in [-0.2, -0.15) is 5.26 Å². The van der Waals surface area contributed by atoms with Gasteiger partial charge in [0.25, 0.3) is 0 Å². The SMILES string of the molecule is C/C=C\C(=C/C)CCCC1CC(C#N)CN1. The largest absolute Gasteiger partial charge is 0.313 e. The molecule has 0 aromatic carbocycles. The zero-order valence-corrected chi connectivity index (χ0v) is 10.4. The van der Waals surface area contributed by atoms with Crippen LogP contribution in [-0.4, -0.2) is 12.6 Å². The summed E-state index contributed by atoms with van der Waals surface area (Å²) in [7, 11) is 0. The second-order valence-electron chi connectivity index (χ2n) is 4.42. The molecular weight excluding hydrogens is 196 g/mol. The number of nitrogens with zero attached hydrogens (tertiary/aromatic N) is 1. The second-order valence-corrected chi connectivity index (χ2v) is 4.42. The predicted molar refractivity (Wildman–Crippen MR) is 67.9 cm³/mol. The Kier molecular flexibility index (Phi) is 5.88. The highest BCUT2D eigenvalue weighted by Gasteiger charge is 2.22. The van der Waals surface area contributed by atoms with Crippen molar-refractivity contribution in [2.24, 2.45) is 5.92 Å². The van der Waals surface area contributed by atoms with Crippen molar-refractivity contribution in [1.29, 1.82) is 5.26 Å². The first-order chi connectivity index (χ1) is 7.80. The van der Waals surface area contributed by atoms with Gasteiger partial charge in [-0.15, -0.1) is 0 Å². The summed E-state index contributed by atoms with van der Waals surface area (Å²) in [5, 5.41) is 12.2. The summed E-state index contributed by atoms with van der Waals surface area (Å²) in [5.41, 5.74) is 1.41. The molecule has 1 saturated heterocycles. The zero-order valence-electron chi connectivity index (χ0n) is 10.4. The molecular formula is C14H22N2. The molecule has 2 unspecified atom stereocenters. The third-order valence-electron chi connectivity index (χ3n) is 3.17. The first-order valence-corrected chi connectivity index (χ1v) is 6.21. The van der Waals surface area contributed by atoms with Crippen molar-refractivity contribution in [3.05, 3.63) is 23.8 Å². The van der Waals surface area contributed by atoms with E-state index in [1.54, 1.807) is 0 Å². The molecule has 1 aliphatic heterocycles. The Morgan fingerprint density at radius 1 is 1.50 bits per heavy atom. The highest BCUT2D eigenvalue weighted by atomic mass is 14.9. The first kappa shape index (κ1) is 13.0. The van der Waals surface area contributed by atoms with Gasteiger partial charge in [0.1, 0.15) is 0 Å². The van der Waals surface area contributed by atoms with E-state index in [2.05, 4.69) is 43.5 Å². The van der Waals surface area contributed by atoms with E-state index >= 15 is 0 Å². The molecule has 2 heteroatoms. The van der Waals surface area contributed by atoms with Crippen LogP contribution in [0.5, 0.6) is 0 Å². The van der Waals surface area contributed by atoms with Crippen molar-refractivity contribution in [2.45, 2.75) is 45.6 Å². The molecule has 16 heavy (non-hydrogen) atoms. The van der Waals surface area contributed by atoms with Gasteiger partial charge in [-0.3, -0.25) is 0 Å². The standard InChI is InChI=1S/C14H22N2/c1-3-6-12(4-2)7-5-8-14-9-13(10-15)11-16-14/h3-4,6,13-14,16H,5,7-9,11H2,1-2H3/b6-3-,12-4+. The normalized spacial score (nSPS) is 26.2. The lowest BCUT2D eigenvalue weighted by Gasteiger charge is -2.09. The van der Waals surface area contributed by atoms with Crippen molar-refractivity contribution < 1.29 is 0 Å². The molecule has 1 fully saturated rings. The fourth-order valence-electron chi connectivity index (χ4n) is 2.23. The number of nitriles is 1. The summed E-state index contributed by atoms with van der Waals surface area (Å²) < 4.78 is 0. The Balaban J connectivity index is 2.19. The minimum absolute atomic E-state index is 0.238. The Bertz CT molecular complexity index is 296. The molecule has 0 amide bonds. The summed E-state index contributed by atoms with van der Waals surface area (Å²) in [6.45, 7) is 5.03. The smallest absolute Gasteiger partial charge is 0.0669 e. The number of hydrogen-bond acceptors (Lipinski definition) is 2. The second kappa shape index (κ2) is 7.24. The lowest BCUT2D eigenvalue weighted by Crippen LogP contribution is -2.20. The van der Waals surface area contributed by atoms with Crippen LogP contribution in [0.3, 0.4) is 0 Å². The molecule has 1 rings (SSSR count). The predicted octanol–water partition coefficient (Wildman–Crippen LogP) is 3.18. The fourth-order valence-corrected chi connectivity index (χ4v) is 2.23. The Labute approximate surface area is 99.0 Å². The van der Waals surface area contributed by atoms with Crippen LogP contribution in [0.25, 0.3) is 0 Å². The van der Waals surface area contributed by atoms with Gasteiger partial charge in [0.05, 0.1) is 12.0 Å². The average Bonchev–Trinajstić information content (AvgIpc) is 2.76. The van der Waals surface area contributed by atoms with Crippen molar-refractivity contribution in [1.82, 2.24) is 5.32 Å². The molecule has 0 saturated carbocycles. The molecule has 0 bridgehead atoms. The topological polar surface area (TPSA) is 35.8 Å². The third kappa shape index (κ3) is 4.20. The van der Waals surface area contributed by atoms with E-state index in [9.17, 15) is 0 Å². The van der Waals surface area contributed by atoms with Gasteiger partial charge in [-0.05, 0) is 39.5 Å². The number of nitrogens with one attached hydrogen (secondary N) is 1. The van der Waals surface area contributed by atoms with Crippen molar-refractivity contribution >= 4 is 0 Å². The van der Waals surface area contributed by atoms with Crippen LogP contribution >= 0.6 is 0 Å². The lowest BCUT2D eigenvalue weighted by atomic mass is 10.0. The average molecular weight is 218 g/mol. The zero-order chi connectivity index (χ0) is 11.8. The minimum Gasteiger partial charge on any atom is -0.313 e. The molecule has 0 aliphatic carbocycles. The van der Waals surface area contributed by atoms with E-state index in [1.807, 2.05) is 0 Å². The minimum atomic E-state index is 0.238. The summed E-state index contributed by atoms with van der Waals surface area (Å²) in [6.07, 6.45) is 11.0. The Morgan fingerprint density at radius 2 is 2.31 bits per heavy atom. The van der Waals surface area contributed by atoms with Gasteiger partial charge in [-0.1, -0.05) is 23.8 Å². The Morgan fingerprint density at radius 3 is 2.88 bits per heavy atom. The fraction of sp³-hybridized carbons (Fsp3) is 0.643. The number of allylic oxidation sites excluding steroid dienone is 4. The summed E-state index contributed by atoms with van der Waals surface area (Å²) in [6, 6.07) is 2.90. The van der Waals surface area contributed by atoms with E-state index in [0.29, 0.717) is 6.04 Å². The van der Waals surface area contributed by atoms with E-state index in [-0.39, 0.29) is 5.92 Å². The van der Waals surface area contributed by atoms with Crippen LogP contribution < -0.4 is 5.32 Å². The Hall–Kier alpha value is -1.07. The van der Waals surface area contributed by atoms with Gasteiger partial charge < -0.3 is 5.32 Å². The van der Waals surface area contributed by atoms with Crippen LogP contribution in [0.15, 0.2) is 23.8 Å². The van der Waals surface area contributed by atoms with Gasteiger partial charge in [-0.25, -0.2) is 0 Å². The molecule has 0 aromatic rings. The quantitative estimate of drug-likeness (QED) is 0.719. The monoisotopic (exact) mass is 218 g/mol. The van der Waals surface area contributed by atoms with Gasteiger partial charge in [0.15, 0.2) is 0 Å². The van der Waals surface area contributed by atoms with Crippen LogP contribution in [0.4, 0.5) is 0 Å². The molecule has 2 atom stereocenters.